The van der Waals surface area contributed by atoms with Crippen LogP contribution in [0, 0.1) is 0 Å². The van der Waals surface area contributed by atoms with Crippen LogP contribution < -0.4 is 0 Å². The molecule has 0 amide bonds. The molecule has 10 aromatic rings. The van der Waals surface area contributed by atoms with E-state index >= 15 is 0 Å². The molecule has 12 nitrogen and oxygen atoms in total. The number of nitrogens with zero attached hydrogens (tertiary/aromatic N) is 9. The number of hydrogen-bond donors (Lipinski definition) is 0. The Morgan fingerprint density at radius 2 is 0.662 bits per heavy atom. The number of allylic oxidation sites excluding steroid dienone is 10. The highest BCUT2D eigenvalue weighted by Crippen LogP contribution is 1.95. The predicted molar refractivity (Wildman–Crippen MR) is 310 cm³/mol. The molecule has 0 saturated carbocycles. The minimum absolute atomic E-state index is 1.03. The molecule has 0 saturated heterocycles. The Labute approximate surface area is 448 Å². The highest BCUT2D eigenvalue weighted by Gasteiger charge is 1.75. The van der Waals surface area contributed by atoms with Gasteiger partial charge < -0.3 is 13.3 Å². The van der Waals surface area contributed by atoms with Crippen LogP contribution >= 0.6 is 34.0 Å². The van der Waals surface area contributed by atoms with E-state index in [2.05, 4.69) is 107 Å². The van der Waals surface area contributed by atoms with E-state index in [1.165, 1.54) is 12.7 Å². The summed E-state index contributed by atoms with van der Waals surface area (Å²) in [5.41, 5.74) is 1.79. The van der Waals surface area contributed by atoms with E-state index in [1.807, 2.05) is 155 Å². The van der Waals surface area contributed by atoms with E-state index in [0.717, 1.165) is 25.7 Å². The van der Waals surface area contributed by atoms with Gasteiger partial charge in [0.15, 0.2) is 6.39 Å². The topological polar surface area (TPSA) is 154 Å². The number of aliphatic imine (C=N–C) groups is 2. The highest BCUT2D eigenvalue weighted by molar-refractivity contribution is 7.08. The first-order valence-corrected chi connectivity index (χ1v) is 25.6. The molecule has 12 heterocycles. The quantitative estimate of drug-likeness (QED) is 0.143. The molecule has 0 bridgehead atoms. The lowest BCUT2D eigenvalue weighted by atomic mass is 10.5. The van der Waals surface area contributed by atoms with E-state index < -0.39 is 0 Å². The normalized spacial score (nSPS) is 10.6. The Kier molecular flexibility index (Phi) is 51.4. The van der Waals surface area contributed by atoms with Gasteiger partial charge in [0.25, 0.3) is 0 Å². The minimum atomic E-state index is 1.03. The van der Waals surface area contributed by atoms with Crippen LogP contribution in [-0.2, 0) is 0 Å². The summed E-state index contributed by atoms with van der Waals surface area (Å²) in [5.74, 6) is 0. The molecule has 0 aromatic carbocycles. The molecule has 4 aliphatic rings. The van der Waals surface area contributed by atoms with Gasteiger partial charge in [-0.1, -0.05) is 103 Å². The van der Waals surface area contributed by atoms with Gasteiger partial charge in [-0.2, -0.15) is 22.7 Å². The maximum Gasteiger partial charge on any atom is 0.180 e. The molecule has 14 rings (SSSR count). The van der Waals surface area contributed by atoms with Crippen molar-refractivity contribution in [1.82, 2.24) is 34.9 Å². The summed E-state index contributed by atoms with van der Waals surface area (Å²) in [6.45, 7) is 0. The number of thiophene rings is 2. The van der Waals surface area contributed by atoms with Crippen LogP contribution in [0.15, 0.2) is 344 Å². The van der Waals surface area contributed by atoms with Gasteiger partial charge in [-0.25, -0.2) is 4.98 Å². The van der Waals surface area contributed by atoms with E-state index in [4.69, 9.17) is 0 Å². The van der Waals surface area contributed by atoms with Crippen LogP contribution in [0.5, 0.6) is 0 Å². The number of aromatic nitrogens is 7. The zero-order chi connectivity index (χ0) is 52.3. The molecular weight excluding hydrogens is 979 g/mol. The van der Waals surface area contributed by atoms with Gasteiger partial charge in [0, 0.05) is 111 Å². The smallest absolute Gasteiger partial charge is 0.180 e. The first-order valence-electron chi connectivity index (χ1n) is 22.7. The molecule has 0 spiro atoms. The summed E-state index contributed by atoms with van der Waals surface area (Å²) in [6, 6.07) is 32.6. The second-order valence-corrected chi connectivity index (χ2v) is 15.0. The zero-order valence-electron chi connectivity index (χ0n) is 41.1. The SMILES string of the molecule is C1=CCC=C1.C1=CCC=C1.C1=CN=CC1.C1=CN=CC1.c1ccncc1.c1ccncc1.c1ccncc1.c1ccoc1.c1ccoc1.c1ccsc1.c1ccsc1.c1cnccn1.c1cocn1.c1cscn1. The van der Waals surface area contributed by atoms with Gasteiger partial charge >= 0.3 is 0 Å². The Morgan fingerprint density at radius 3 is 0.770 bits per heavy atom. The van der Waals surface area contributed by atoms with Crippen LogP contribution in [0.4, 0.5) is 0 Å². The summed E-state index contributed by atoms with van der Waals surface area (Å²) < 4.78 is 13.6. The van der Waals surface area contributed by atoms with Crippen molar-refractivity contribution in [3.8, 4) is 0 Å². The lowest BCUT2D eigenvalue weighted by molar-refractivity contribution is 0.558. The maximum absolute atomic E-state index is 4.58. The monoisotopic (exact) mass is 1040 g/mol. The van der Waals surface area contributed by atoms with Crippen molar-refractivity contribution in [3.05, 3.63) is 321 Å². The van der Waals surface area contributed by atoms with Crippen LogP contribution in [0.3, 0.4) is 0 Å². The summed E-state index contributed by atoms with van der Waals surface area (Å²) >= 11 is 5.03. The standard InChI is InChI=1S/3C5H5N.2C5H6.C4H4N2.2C4H5N.2C4H4O.2C4H4S.C3H3NO.C3H3NS/c3*1-2-4-6-5-3-1;2*1-2-4-5-3-1;1-2-6-4-3-5-1;6*1-2-4-5-3-1;2*1-2-5-3-4-1/h3*1-5H;2*1-4H,5H2;1-4H;2*1,3-4H,2H2;4*1-4H;2*1-3H. The number of pyridine rings is 3. The number of hydrogen-bond acceptors (Lipinski definition) is 15. The van der Waals surface area contributed by atoms with Gasteiger partial charge in [-0.3, -0.25) is 39.9 Å². The van der Waals surface area contributed by atoms with E-state index in [0.29, 0.717) is 0 Å². The van der Waals surface area contributed by atoms with Crippen molar-refractivity contribution >= 4 is 46.4 Å². The molecule has 2 aliphatic carbocycles. The maximum atomic E-state index is 4.58. The molecule has 0 fully saturated rings. The van der Waals surface area contributed by atoms with Gasteiger partial charge in [-0.05, 0) is 95.0 Å². The fourth-order valence-corrected chi connectivity index (χ4v) is 5.10. The van der Waals surface area contributed by atoms with Crippen molar-refractivity contribution in [1.29, 1.82) is 0 Å². The largest absolute Gasteiger partial charge is 0.473 e. The third-order valence-corrected chi connectivity index (χ3v) is 8.74. The molecule has 0 atom stereocenters. The Bertz CT molecular complexity index is 1930. The van der Waals surface area contributed by atoms with Crippen molar-refractivity contribution in [2.75, 3.05) is 0 Å². The summed E-state index contributed by atoms with van der Waals surface area (Å²) in [5, 5.41) is 10.1. The molecule has 380 valence electrons. The average molecular weight is 1040 g/mol. The Hall–Kier alpha value is -8.89. The van der Waals surface area contributed by atoms with Crippen molar-refractivity contribution < 1.29 is 13.3 Å². The second kappa shape index (κ2) is 60.2. The van der Waals surface area contributed by atoms with Crippen molar-refractivity contribution in [3.63, 3.8) is 0 Å². The average Bonchev–Trinajstić information content (AvgIpc) is 4.33. The zero-order valence-corrected chi connectivity index (χ0v) is 43.5. The number of oxazole rings is 1. The van der Waals surface area contributed by atoms with Gasteiger partial charge in [0.05, 0.1) is 36.8 Å². The van der Waals surface area contributed by atoms with E-state index in [-0.39, 0.29) is 0 Å². The highest BCUT2D eigenvalue weighted by atomic mass is 32.1. The fourth-order valence-electron chi connectivity index (χ4n) is 3.84. The molecule has 0 N–H and O–H groups in total. The molecular formula is C59H63N9O3S3. The summed E-state index contributed by atoms with van der Waals surface area (Å²) in [6.07, 6.45) is 62.2. The molecule has 2 aliphatic heterocycles. The summed E-state index contributed by atoms with van der Waals surface area (Å²) in [7, 11) is 0. The predicted octanol–water partition coefficient (Wildman–Crippen LogP) is 16.5. The fraction of sp³-hybridized carbons (Fsp3) is 0.0678. The van der Waals surface area contributed by atoms with Gasteiger partial charge in [-0.15, -0.1) is 11.3 Å². The second-order valence-electron chi connectivity index (χ2n) is 12.6. The number of furan rings is 2. The lowest BCUT2D eigenvalue weighted by Gasteiger charge is -1.70. The third kappa shape index (κ3) is 57.4. The van der Waals surface area contributed by atoms with Crippen LogP contribution in [0.25, 0.3) is 0 Å². The third-order valence-electron chi connectivity index (χ3n) is 6.96. The van der Waals surface area contributed by atoms with Crippen LogP contribution in [0.2, 0.25) is 0 Å². The first kappa shape index (κ1) is 63.1. The van der Waals surface area contributed by atoms with Gasteiger partial charge in [0.1, 0.15) is 6.26 Å². The number of thiazole rings is 1. The van der Waals surface area contributed by atoms with Crippen LogP contribution in [0.1, 0.15) is 25.7 Å². The van der Waals surface area contributed by atoms with Crippen molar-refractivity contribution in [2.45, 2.75) is 25.7 Å². The van der Waals surface area contributed by atoms with Crippen molar-refractivity contribution in [2.24, 2.45) is 9.98 Å². The lowest BCUT2D eigenvalue weighted by Crippen LogP contribution is -1.66. The van der Waals surface area contributed by atoms with E-state index in [9.17, 15) is 0 Å². The Morgan fingerprint density at radius 1 is 0.270 bits per heavy atom. The molecule has 10 aromatic heterocycles. The van der Waals surface area contributed by atoms with E-state index in [1.54, 1.807) is 151 Å². The Balaban J connectivity index is 0.000000399. The van der Waals surface area contributed by atoms with Crippen LogP contribution in [-0.4, -0.2) is 47.3 Å². The molecule has 0 unspecified atom stereocenters. The molecule has 74 heavy (non-hydrogen) atoms. The molecule has 15 heteroatoms. The number of rotatable bonds is 0. The summed E-state index contributed by atoms with van der Waals surface area (Å²) in [4.78, 5) is 33.7. The first-order chi connectivity index (χ1) is 37.0. The molecule has 0 radical (unpaired) electrons. The minimum Gasteiger partial charge on any atom is -0.473 e. The van der Waals surface area contributed by atoms with Gasteiger partial charge in [0.2, 0.25) is 0 Å².